The number of pyridine rings is 1. The zero-order valence-electron chi connectivity index (χ0n) is 8.52. The molecule has 0 bridgehead atoms. The molecule has 0 aliphatic heterocycles. The Balaban J connectivity index is 2.70. The standard InChI is InChI=1S/C10H10F2N2O2/c1-16-9-3-2-6(5-15)8-4-7(10(11)12)13-14(8)9/h2-4,10,15H,5H2,1H3. The number of aliphatic hydroxyl groups excluding tert-OH is 1. The fourth-order valence-electron chi connectivity index (χ4n) is 1.52. The van der Waals surface area contributed by atoms with E-state index in [1.807, 2.05) is 0 Å². The fourth-order valence-corrected chi connectivity index (χ4v) is 1.52. The van der Waals surface area contributed by atoms with Crippen molar-refractivity contribution in [1.82, 2.24) is 9.61 Å². The number of rotatable bonds is 3. The molecular weight excluding hydrogens is 218 g/mol. The number of alkyl halides is 2. The van der Waals surface area contributed by atoms with Crippen LogP contribution in [0, 0.1) is 0 Å². The Kier molecular flexibility index (Phi) is 2.74. The topological polar surface area (TPSA) is 46.8 Å². The lowest BCUT2D eigenvalue weighted by atomic mass is 10.2. The summed E-state index contributed by atoms with van der Waals surface area (Å²) < 4.78 is 31.2. The number of hydrogen-bond donors (Lipinski definition) is 1. The van der Waals surface area contributed by atoms with Gasteiger partial charge in [0.05, 0.1) is 19.2 Å². The molecular formula is C10H10F2N2O2. The van der Waals surface area contributed by atoms with Gasteiger partial charge in [-0.05, 0) is 12.1 Å². The first-order valence-electron chi connectivity index (χ1n) is 4.62. The Labute approximate surface area is 90.1 Å². The van der Waals surface area contributed by atoms with E-state index in [0.717, 1.165) is 0 Å². The summed E-state index contributed by atoms with van der Waals surface area (Å²) in [5, 5.41) is 12.8. The maximum absolute atomic E-state index is 12.5. The molecule has 0 radical (unpaired) electrons. The van der Waals surface area contributed by atoms with Gasteiger partial charge in [-0.1, -0.05) is 0 Å². The molecule has 0 amide bonds. The van der Waals surface area contributed by atoms with Crippen LogP contribution in [0.2, 0.25) is 0 Å². The Bertz CT molecular complexity index is 470. The van der Waals surface area contributed by atoms with E-state index in [1.165, 1.54) is 17.7 Å². The lowest BCUT2D eigenvalue weighted by Gasteiger charge is -2.05. The van der Waals surface area contributed by atoms with Gasteiger partial charge in [-0.3, -0.25) is 0 Å². The summed E-state index contributed by atoms with van der Waals surface area (Å²) in [4.78, 5) is 0. The van der Waals surface area contributed by atoms with Crippen molar-refractivity contribution < 1.29 is 18.6 Å². The average Bonchev–Trinajstić information content (AvgIpc) is 2.72. The second kappa shape index (κ2) is 4.05. The van der Waals surface area contributed by atoms with Crippen LogP contribution in [0.5, 0.6) is 5.88 Å². The Hall–Kier alpha value is -1.69. The average molecular weight is 228 g/mol. The molecule has 6 heteroatoms. The highest BCUT2D eigenvalue weighted by Gasteiger charge is 2.15. The smallest absolute Gasteiger partial charge is 0.282 e. The Morgan fingerprint density at radius 2 is 2.25 bits per heavy atom. The number of halogens is 2. The number of fused-ring (bicyclic) bond motifs is 1. The Morgan fingerprint density at radius 1 is 1.50 bits per heavy atom. The Morgan fingerprint density at radius 3 is 2.81 bits per heavy atom. The van der Waals surface area contributed by atoms with E-state index in [4.69, 9.17) is 9.84 Å². The predicted molar refractivity (Wildman–Crippen MR) is 52.6 cm³/mol. The minimum Gasteiger partial charge on any atom is -0.481 e. The number of ether oxygens (including phenoxy) is 1. The molecule has 4 nitrogen and oxygen atoms in total. The number of nitrogens with zero attached hydrogens (tertiary/aromatic N) is 2. The molecule has 0 fully saturated rings. The van der Waals surface area contributed by atoms with Crippen molar-refractivity contribution in [2.45, 2.75) is 13.0 Å². The molecule has 0 aromatic carbocycles. The number of aromatic nitrogens is 2. The zero-order chi connectivity index (χ0) is 11.7. The van der Waals surface area contributed by atoms with Crippen molar-refractivity contribution in [1.29, 1.82) is 0 Å². The zero-order valence-corrected chi connectivity index (χ0v) is 8.52. The van der Waals surface area contributed by atoms with Gasteiger partial charge in [-0.25, -0.2) is 13.3 Å². The predicted octanol–water partition coefficient (Wildman–Crippen LogP) is 1.77. The molecule has 0 unspecified atom stereocenters. The fraction of sp³-hybridized carbons (Fsp3) is 0.300. The van der Waals surface area contributed by atoms with Crippen LogP contribution in [0.4, 0.5) is 8.78 Å². The second-order valence-electron chi connectivity index (χ2n) is 3.23. The van der Waals surface area contributed by atoms with Crippen LogP contribution in [-0.4, -0.2) is 21.8 Å². The van der Waals surface area contributed by atoms with Crippen LogP contribution in [0.15, 0.2) is 18.2 Å². The van der Waals surface area contributed by atoms with Gasteiger partial charge in [0.15, 0.2) is 0 Å². The minimum absolute atomic E-state index is 0.234. The monoisotopic (exact) mass is 228 g/mol. The quantitative estimate of drug-likeness (QED) is 0.870. The summed E-state index contributed by atoms with van der Waals surface area (Å²) in [7, 11) is 1.43. The maximum atomic E-state index is 12.5. The van der Waals surface area contributed by atoms with Crippen molar-refractivity contribution in [3.05, 3.63) is 29.5 Å². The van der Waals surface area contributed by atoms with Crippen LogP contribution in [-0.2, 0) is 6.61 Å². The van der Waals surface area contributed by atoms with Gasteiger partial charge in [0, 0.05) is 11.6 Å². The van der Waals surface area contributed by atoms with E-state index >= 15 is 0 Å². The molecule has 86 valence electrons. The number of hydrogen-bond acceptors (Lipinski definition) is 3. The van der Waals surface area contributed by atoms with Gasteiger partial charge < -0.3 is 9.84 Å². The summed E-state index contributed by atoms with van der Waals surface area (Å²) in [5.74, 6) is 0.346. The van der Waals surface area contributed by atoms with Gasteiger partial charge in [0.1, 0.15) is 5.69 Å². The highest BCUT2D eigenvalue weighted by molar-refractivity contribution is 5.57. The normalized spacial score (nSPS) is 11.3. The third-order valence-electron chi connectivity index (χ3n) is 2.30. The molecule has 1 N–H and O–H groups in total. The summed E-state index contributed by atoms with van der Waals surface area (Å²) in [6, 6.07) is 4.44. The third kappa shape index (κ3) is 1.61. The van der Waals surface area contributed by atoms with E-state index in [1.54, 1.807) is 12.1 Å². The molecule has 0 atom stereocenters. The molecule has 0 aliphatic carbocycles. The molecule has 0 saturated heterocycles. The van der Waals surface area contributed by atoms with Crippen molar-refractivity contribution in [2.24, 2.45) is 0 Å². The van der Waals surface area contributed by atoms with E-state index < -0.39 is 6.43 Å². The largest absolute Gasteiger partial charge is 0.481 e. The van der Waals surface area contributed by atoms with Crippen molar-refractivity contribution in [3.63, 3.8) is 0 Å². The van der Waals surface area contributed by atoms with Crippen LogP contribution in [0.1, 0.15) is 17.7 Å². The summed E-state index contributed by atoms with van der Waals surface area (Å²) in [6.07, 6.45) is -2.64. The van der Waals surface area contributed by atoms with Gasteiger partial charge in [0.2, 0.25) is 5.88 Å². The maximum Gasteiger partial charge on any atom is 0.282 e. The summed E-state index contributed by atoms with van der Waals surface area (Å²) in [6.45, 7) is -0.234. The van der Waals surface area contributed by atoms with E-state index in [2.05, 4.69) is 5.10 Å². The molecule has 2 aromatic heterocycles. The van der Waals surface area contributed by atoms with Crippen LogP contribution in [0.3, 0.4) is 0 Å². The van der Waals surface area contributed by atoms with Crippen LogP contribution in [0.25, 0.3) is 5.52 Å². The molecule has 2 rings (SSSR count). The molecule has 0 saturated carbocycles. The van der Waals surface area contributed by atoms with Crippen molar-refractivity contribution >= 4 is 5.52 Å². The lowest BCUT2D eigenvalue weighted by Crippen LogP contribution is -1.98. The molecule has 0 aliphatic rings. The number of aliphatic hydroxyl groups is 1. The molecule has 2 aromatic rings. The van der Waals surface area contributed by atoms with Gasteiger partial charge in [-0.15, -0.1) is 0 Å². The SMILES string of the molecule is COc1ccc(CO)c2cc(C(F)F)nn12. The summed E-state index contributed by atoms with van der Waals surface area (Å²) in [5.41, 5.74) is 0.622. The number of methoxy groups -OCH3 is 1. The molecule has 0 spiro atoms. The van der Waals surface area contributed by atoms with Gasteiger partial charge >= 0.3 is 0 Å². The highest BCUT2D eigenvalue weighted by Crippen LogP contribution is 2.24. The summed E-state index contributed by atoms with van der Waals surface area (Å²) >= 11 is 0. The van der Waals surface area contributed by atoms with Gasteiger partial charge in [-0.2, -0.15) is 5.10 Å². The van der Waals surface area contributed by atoms with Crippen molar-refractivity contribution in [3.8, 4) is 5.88 Å². The first-order chi connectivity index (χ1) is 7.67. The first-order valence-corrected chi connectivity index (χ1v) is 4.62. The minimum atomic E-state index is -2.64. The van der Waals surface area contributed by atoms with Crippen molar-refractivity contribution in [2.75, 3.05) is 7.11 Å². The van der Waals surface area contributed by atoms with Crippen LogP contribution < -0.4 is 4.74 Å². The molecule has 16 heavy (non-hydrogen) atoms. The highest BCUT2D eigenvalue weighted by atomic mass is 19.3. The van der Waals surface area contributed by atoms with E-state index in [0.29, 0.717) is 17.0 Å². The van der Waals surface area contributed by atoms with E-state index in [-0.39, 0.29) is 12.3 Å². The third-order valence-corrected chi connectivity index (χ3v) is 2.30. The first kappa shape index (κ1) is 10.8. The van der Waals surface area contributed by atoms with E-state index in [9.17, 15) is 8.78 Å². The van der Waals surface area contributed by atoms with Crippen LogP contribution >= 0.6 is 0 Å². The molecule has 2 heterocycles. The second-order valence-corrected chi connectivity index (χ2v) is 3.23. The van der Waals surface area contributed by atoms with Gasteiger partial charge in [0.25, 0.3) is 6.43 Å². The lowest BCUT2D eigenvalue weighted by molar-refractivity contribution is 0.145.